The second kappa shape index (κ2) is 9.31. The van der Waals surface area contributed by atoms with Crippen molar-refractivity contribution in [2.24, 2.45) is 0 Å². The molecule has 1 atom stereocenters. The van der Waals surface area contributed by atoms with E-state index < -0.39 is 8.25 Å². The minimum Gasteiger partial charge on any atom is -0.294 e. The Morgan fingerprint density at radius 3 is 2.22 bits per heavy atom. The van der Waals surface area contributed by atoms with Gasteiger partial charge in [-0.3, -0.25) is 4.79 Å². The maximum absolute atomic E-state index is 12.1. The Hall–Kier alpha value is -1.87. The highest BCUT2D eigenvalue weighted by molar-refractivity contribution is 7.32. The molecule has 0 spiro atoms. The summed E-state index contributed by atoms with van der Waals surface area (Å²) in [6.07, 6.45) is 2.72. The molecule has 0 aliphatic rings. The summed E-state index contributed by atoms with van der Waals surface area (Å²) < 4.78 is 14.9. The van der Waals surface area contributed by atoms with Gasteiger partial charge in [0.1, 0.15) is 6.61 Å². The fraction of sp³-hybridized carbons (Fsp3) is 0.278. The van der Waals surface area contributed by atoms with Gasteiger partial charge < -0.3 is 0 Å². The molecule has 0 aromatic heterocycles. The maximum Gasteiger partial charge on any atom is 0.694 e. The Morgan fingerprint density at radius 1 is 0.913 bits per heavy atom. The summed E-state index contributed by atoms with van der Waals surface area (Å²) in [6, 6.07) is 17.7. The fourth-order valence-electron chi connectivity index (χ4n) is 2.33. The molecule has 0 amide bonds. The standard InChI is InChI=1S/C18H19O4P/c19-18(9-5-2-6-14-22-23(20)21)17-12-10-16(11-13-17)15-7-3-1-4-8-15/h1,3-4,7-8,10-13H,2,5-6,9,14H2/p+1. The molecule has 4 nitrogen and oxygen atoms in total. The largest absolute Gasteiger partial charge is 0.694 e. The van der Waals surface area contributed by atoms with E-state index in [-0.39, 0.29) is 12.4 Å². The lowest BCUT2D eigenvalue weighted by Crippen LogP contribution is -1.99. The SMILES string of the molecule is O=C(CCCCCO[P+](=O)O)c1ccc(-c2ccccc2)cc1. The van der Waals surface area contributed by atoms with Gasteiger partial charge in [-0.1, -0.05) is 61.0 Å². The van der Waals surface area contributed by atoms with Gasteiger partial charge in [-0.15, -0.1) is 9.42 Å². The van der Waals surface area contributed by atoms with Crippen molar-refractivity contribution in [1.82, 2.24) is 0 Å². The average molecular weight is 331 g/mol. The number of hydrogen-bond acceptors (Lipinski definition) is 3. The Bertz CT molecular complexity index is 638. The van der Waals surface area contributed by atoms with Gasteiger partial charge in [0.2, 0.25) is 0 Å². The Labute approximate surface area is 137 Å². The number of rotatable bonds is 9. The average Bonchev–Trinajstić information content (AvgIpc) is 2.58. The Morgan fingerprint density at radius 2 is 1.57 bits per heavy atom. The van der Waals surface area contributed by atoms with E-state index in [9.17, 15) is 9.36 Å². The summed E-state index contributed by atoms with van der Waals surface area (Å²) in [7, 11) is -2.51. The van der Waals surface area contributed by atoms with Crippen molar-refractivity contribution in [3.8, 4) is 11.1 Å². The van der Waals surface area contributed by atoms with Crippen LogP contribution >= 0.6 is 8.25 Å². The van der Waals surface area contributed by atoms with Crippen molar-refractivity contribution in [3.63, 3.8) is 0 Å². The normalized spacial score (nSPS) is 11.3. The highest BCUT2D eigenvalue weighted by Gasteiger charge is 2.11. The quantitative estimate of drug-likeness (QED) is 0.409. The molecular formula is C18H20O4P+. The lowest BCUT2D eigenvalue weighted by Gasteiger charge is -2.04. The van der Waals surface area contributed by atoms with Crippen LogP contribution in [0.1, 0.15) is 36.0 Å². The number of Topliss-reactive ketones (excluding diaryl/α,β-unsaturated/α-hetero) is 1. The molecule has 1 N–H and O–H groups in total. The van der Waals surface area contributed by atoms with Crippen LogP contribution in [0, 0.1) is 0 Å². The van der Waals surface area contributed by atoms with Crippen LogP contribution in [0.25, 0.3) is 11.1 Å². The summed E-state index contributed by atoms with van der Waals surface area (Å²) in [6.45, 7) is 0.256. The van der Waals surface area contributed by atoms with Crippen LogP contribution in [0.2, 0.25) is 0 Å². The molecule has 2 rings (SSSR count). The van der Waals surface area contributed by atoms with Crippen molar-refractivity contribution in [2.75, 3.05) is 6.61 Å². The van der Waals surface area contributed by atoms with E-state index in [1.54, 1.807) is 0 Å². The van der Waals surface area contributed by atoms with E-state index in [1.165, 1.54) is 0 Å². The molecule has 0 bridgehead atoms. The van der Waals surface area contributed by atoms with Gasteiger partial charge in [0.15, 0.2) is 5.78 Å². The fourth-order valence-corrected chi connectivity index (χ4v) is 2.62. The zero-order chi connectivity index (χ0) is 16.5. The van der Waals surface area contributed by atoms with Crippen LogP contribution in [0.5, 0.6) is 0 Å². The van der Waals surface area contributed by atoms with Crippen LogP contribution in [-0.4, -0.2) is 17.3 Å². The monoisotopic (exact) mass is 331 g/mol. The van der Waals surface area contributed by atoms with Gasteiger partial charge in [0.25, 0.3) is 0 Å². The van der Waals surface area contributed by atoms with Gasteiger partial charge in [0, 0.05) is 16.5 Å². The van der Waals surface area contributed by atoms with E-state index in [0.717, 1.165) is 29.5 Å². The maximum atomic E-state index is 12.1. The summed E-state index contributed by atoms with van der Waals surface area (Å²) in [4.78, 5) is 20.6. The first-order valence-corrected chi connectivity index (χ1v) is 8.77. The minimum atomic E-state index is -2.51. The Kier molecular flexibility index (Phi) is 7.08. The molecule has 0 fully saturated rings. The number of unbranched alkanes of at least 4 members (excludes halogenated alkanes) is 2. The second-order valence-electron chi connectivity index (χ2n) is 5.25. The van der Waals surface area contributed by atoms with Gasteiger partial charge in [-0.25, -0.2) is 0 Å². The topological polar surface area (TPSA) is 63.6 Å². The second-order valence-corrected chi connectivity index (χ2v) is 5.98. The summed E-state index contributed by atoms with van der Waals surface area (Å²) in [5.41, 5.74) is 2.95. The molecule has 5 heteroatoms. The molecule has 0 saturated heterocycles. The molecule has 0 radical (unpaired) electrons. The number of ketones is 1. The van der Waals surface area contributed by atoms with Crippen LogP contribution in [0.15, 0.2) is 54.6 Å². The highest BCUT2D eigenvalue weighted by atomic mass is 31.1. The molecule has 0 aliphatic heterocycles. The minimum absolute atomic E-state index is 0.124. The van der Waals surface area contributed by atoms with Gasteiger partial charge in [0.05, 0.1) is 0 Å². The van der Waals surface area contributed by atoms with Crippen molar-refractivity contribution in [3.05, 3.63) is 60.2 Å². The lowest BCUT2D eigenvalue weighted by molar-refractivity contribution is 0.0978. The van der Waals surface area contributed by atoms with E-state index in [2.05, 4.69) is 4.52 Å². The van der Waals surface area contributed by atoms with Crippen LogP contribution in [0.3, 0.4) is 0 Å². The van der Waals surface area contributed by atoms with Crippen molar-refractivity contribution in [1.29, 1.82) is 0 Å². The van der Waals surface area contributed by atoms with Gasteiger partial charge >= 0.3 is 8.25 Å². The van der Waals surface area contributed by atoms with Gasteiger partial charge in [-0.05, 0) is 24.0 Å². The molecule has 1 unspecified atom stereocenters. The molecule has 0 heterocycles. The zero-order valence-corrected chi connectivity index (χ0v) is 13.7. The third-order valence-corrected chi connectivity index (χ3v) is 3.97. The first-order chi connectivity index (χ1) is 11.2. The summed E-state index contributed by atoms with van der Waals surface area (Å²) in [5.74, 6) is 0.124. The molecule has 0 aliphatic carbocycles. The molecule has 120 valence electrons. The Balaban J connectivity index is 1.78. The summed E-state index contributed by atoms with van der Waals surface area (Å²) in [5, 5.41) is 0. The first-order valence-electron chi connectivity index (χ1n) is 7.64. The molecular weight excluding hydrogens is 311 g/mol. The highest BCUT2D eigenvalue weighted by Crippen LogP contribution is 2.20. The summed E-state index contributed by atoms with van der Waals surface area (Å²) >= 11 is 0. The number of benzene rings is 2. The number of hydrogen-bond donors (Lipinski definition) is 1. The van der Waals surface area contributed by atoms with Gasteiger partial charge in [-0.2, -0.15) is 0 Å². The van der Waals surface area contributed by atoms with E-state index in [0.29, 0.717) is 12.8 Å². The van der Waals surface area contributed by atoms with E-state index in [1.807, 2.05) is 54.6 Å². The van der Waals surface area contributed by atoms with Crippen molar-refractivity contribution >= 4 is 14.0 Å². The molecule has 2 aromatic rings. The lowest BCUT2D eigenvalue weighted by atomic mass is 10.0. The molecule has 23 heavy (non-hydrogen) atoms. The smallest absolute Gasteiger partial charge is 0.294 e. The number of carbonyl (C=O) groups excluding carboxylic acids is 1. The van der Waals surface area contributed by atoms with Crippen molar-refractivity contribution in [2.45, 2.75) is 25.7 Å². The zero-order valence-electron chi connectivity index (χ0n) is 12.9. The molecule has 2 aromatic carbocycles. The van der Waals surface area contributed by atoms with Crippen LogP contribution in [-0.2, 0) is 9.09 Å². The predicted octanol–water partition coefficient (Wildman–Crippen LogP) is 4.76. The number of carbonyl (C=O) groups is 1. The third-order valence-electron chi connectivity index (χ3n) is 3.56. The van der Waals surface area contributed by atoms with Crippen molar-refractivity contribution < 1.29 is 18.8 Å². The van der Waals surface area contributed by atoms with Crippen LogP contribution < -0.4 is 0 Å². The van der Waals surface area contributed by atoms with E-state index in [4.69, 9.17) is 4.89 Å². The first kappa shape index (κ1) is 17.5. The van der Waals surface area contributed by atoms with Crippen LogP contribution in [0.4, 0.5) is 0 Å². The third kappa shape index (κ3) is 6.03. The molecule has 0 saturated carbocycles. The van der Waals surface area contributed by atoms with E-state index >= 15 is 0 Å². The predicted molar refractivity (Wildman–Crippen MR) is 90.5 cm³/mol.